The van der Waals surface area contributed by atoms with E-state index in [-0.39, 0.29) is 11.8 Å². The van der Waals surface area contributed by atoms with Crippen molar-refractivity contribution < 1.29 is 9.21 Å². The Morgan fingerprint density at radius 2 is 2.31 bits per heavy atom. The standard InChI is InChI=1S/C12H20N2O2/c1-4-9(2)11(13)12(15)14(3)7-10-5-6-16-8-10/h5-6,8-9,11H,4,7,13H2,1-3H3/t9?,11-/m0/s1. The number of carbonyl (C=O) groups excluding carboxylic acids is 1. The van der Waals surface area contributed by atoms with Crippen molar-refractivity contribution in [2.75, 3.05) is 7.05 Å². The molecule has 1 amide bonds. The maximum atomic E-state index is 11.9. The molecular weight excluding hydrogens is 204 g/mol. The number of hydrogen-bond donors (Lipinski definition) is 1. The molecule has 90 valence electrons. The molecule has 4 heteroatoms. The average molecular weight is 224 g/mol. The van der Waals surface area contributed by atoms with Gasteiger partial charge in [-0.1, -0.05) is 20.3 Å². The Morgan fingerprint density at radius 3 is 2.81 bits per heavy atom. The van der Waals surface area contributed by atoms with Crippen molar-refractivity contribution >= 4 is 5.91 Å². The topological polar surface area (TPSA) is 59.5 Å². The summed E-state index contributed by atoms with van der Waals surface area (Å²) in [4.78, 5) is 13.6. The lowest BCUT2D eigenvalue weighted by Gasteiger charge is -2.24. The van der Waals surface area contributed by atoms with Crippen molar-refractivity contribution in [3.63, 3.8) is 0 Å². The van der Waals surface area contributed by atoms with E-state index < -0.39 is 6.04 Å². The van der Waals surface area contributed by atoms with Crippen molar-refractivity contribution in [3.05, 3.63) is 24.2 Å². The third-order valence-electron chi connectivity index (χ3n) is 2.92. The van der Waals surface area contributed by atoms with Crippen molar-refractivity contribution in [2.24, 2.45) is 11.7 Å². The van der Waals surface area contributed by atoms with Gasteiger partial charge < -0.3 is 15.1 Å². The van der Waals surface area contributed by atoms with Crippen LogP contribution in [0.15, 0.2) is 23.0 Å². The van der Waals surface area contributed by atoms with E-state index in [4.69, 9.17) is 10.2 Å². The second kappa shape index (κ2) is 5.70. The predicted octanol–water partition coefficient (Wildman–Crippen LogP) is 1.61. The van der Waals surface area contributed by atoms with E-state index in [1.54, 1.807) is 24.5 Å². The molecule has 0 fully saturated rings. The molecule has 2 atom stereocenters. The van der Waals surface area contributed by atoms with Crippen molar-refractivity contribution in [2.45, 2.75) is 32.9 Å². The fourth-order valence-electron chi connectivity index (χ4n) is 1.49. The number of rotatable bonds is 5. The zero-order valence-corrected chi connectivity index (χ0v) is 10.1. The molecule has 0 aliphatic rings. The Balaban J connectivity index is 2.53. The summed E-state index contributed by atoms with van der Waals surface area (Å²) in [5.41, 5.74) is 6.87. The fraction of sp³-hybridized carbons (Fsp3) is 0.583. The highest BCUT2D eigenvalue weighted by Crippen LogP contribution is 2.10. The molecule has 1 heterocycles. The van der Waals surface area contributed by atoms with Gasteiger partial charge >= 0.3 is 0 Å². The van der Waals surface area contributed by atoms with Gasteiger partial charge in [0.1, 0.15) is 0 Å². The lowest BCUT2D eigenvalue weighted by Crippen LogP contribution is -2.45. The Hall–Kier alpha value is -1.29. The minimum absolute atomic E-state index is 0.0180. The Bertz CT molecular complexity index is 322. The van der Waals surface area contributed by atoms with E-state index >= 15 is 0 Å². The lowest BCUT2D eigenvalue weighted by molar-refractivity contribution is -0.132. The third kappa shape index (κ3) is 3.10. The van der Waals surface area contributed by atoms with E-state index in [0.29, 0.717) is 6.54 Å². The van der Waals surface area contributed by atoms with Crippen LogP contribution in [0.4, 0.5) is 0 Å². The molecule has 0 aliphatic heterocycles. The summed E-state index contributed by atoms with van der Waals surface area (Å²) in [7, 11) is 1.76. The summed E-state index contributed by atoms with van der Waals surface area (Å²) >= 11 is 0. The molecule has 0 saturated heterocycles. The zero-order valence-electron chi connectivity index (χ0n) is 10.1. The lowest BCUT2D eigenvalue weighted by atomic mass is 9.99. The van der Waals surface area contributed by atoms with Gasteiger partial charge in [-0.25, -0.2) is 0 Å². The number of nitrogens with two attached hydrogens (primary N) is 1. The number of likely N-dealkylation sites (N-methyl/N-ethyl adjacent to an activating group) is 1. The molecule has 1 rings (SSSR count). The highest BCUT2D eigenvalue weighted by molar-refractivity contribution is 5.81. The first kappa shape index (κ1) is 12.8. The number of hydrogen-bond acceptors (Lipinski definition) is 3. The van der Waals surface area contributed by atoms with Gasteiger partial charge in [-0.15, -0.1) is 0 Å². The van der Waals surface area contributed by atoms with Crippen LogP contribution in [0, 0.1) is 5.92 Å². The summed E-state index contributed by atoms with van der Waals surface area (Å²) in [6, 6.07) is 1.43. The molecule has 0 aromatic carbocycles. The molecule has 2 N–H and O–H groups in total. The number of amides is 1. The first-order chi connectivity index (χ1) is 7.56. The maximum absolute atomic E-state index is 11.9. The zero-order chi connectivity index (χ0) is 12.1. The maximum Gasteiger partial charge on any atom is 0.239 e. The molecular formula is C12H20N2O2. The molecule has 0 radical (unpaired) electrons. The Labute approximate surface area is 96.4 Å². The van der Waals surface area contributed by atoms with E-state index in [1.807, 2.05) is 19.9 Å². The molecule has 0 spiro atoms. The second-order valence-electron chi connectivity index (χ2n) is 4.24. The molecule has 0 bridgehead atoms. The van der Waals surface area contributed by atoms with E-state index in [9.17, 15) is 4.79 Å². The van der Waals surface area contributed by atoms with Crippen molar-refractivity contribution in [3.8, 4) is 0 Å². The molecule has 0 saturated carbocycles. The van der Waals surface area contributed by atoms with Crippen molar-refractivity contribution in [1.82, 2.24) is 4.90 Å². The van der Waals surface area contributed by atoms with Gasteiger partial charge in [0.15, 0.2) is 0 Å². The number of nitrogens with zero attached hydrogens (tertiary/aromatic N) is 1. The largest absolute Gasteiger partial charge is 0.472 e. The summed E-state index contributed by atoms with van der Waals surface area (Å²) in [5.74, 6) is 0.190. The van der Waals surface area contributed by atoms with Crippen LogP contribution in [0.25, 0.3) is 0 Å². The monoisotopic (exact) mass is 224 g/mol. The van der Waals surface area contributed by atoms with Crippen LogP contribution in [-0.2, 0) is 11.3 Å². The smallest absolute Gasteiger partial charge is 0.239 e. The van der Waals surface area contributed by atoms with Crippen LogP contribution in [0.5, 0.6) is 0 Å². The molecule has 16 heavy (non-hydrogen) atoms. The molecule has 4 nitrogen and oxygen atoms in total. The van der Waals surface area contributed by atoms with Gasteiger partial charge in [-0.05, 0) is 12.0 Å². The van der Waals surface area contributed by atoms with Gasteiger partial charge in [-0.2, -0.15) is 0 Å². The van der Waals surface area contributed by atoms with Crippen LogP contribution in [-0.4, -0.2) is 23.9 Å². The van der Waals surface area contributed by atoms with Crippen LogP contribution in [0.2, 0.25) is 0 Å². The first-order valence-corrected chi connectivity index (χ1v) is 5.57. The summed E-state index contributed by atoms with van der Waals surface area (Å²) < 4.78 is 4.96. The highest BCUT2D eigenvalue weighted by atomic mass is 16.3. The minimum atomic E-state index is -0.415. The second-order valence-corrected chi connectivity index (χ2v) is 4.24. The van der Waals surface area contributed by atoms with Gasteiger partial charge in [0.25, 0.3) is 0 Å². The van der Waals surface area contributed by atoms with E-state index in [0.717, 1.165) is 12.0 Å². The van der Waals surface area contributed by atoms with Gasteiger partial charge in [0, 0.05) is 19.2 Å². The first-order valence-electron chi connectivity index (χ1n) is 5.57. The fourth-order valence-corrected chi connectivity index (χ4v) is 1.49. The van der Waals surface area contributed by atoms with Gasteiger partial charge in [0.2, 0.25) is 5.91 Å². The highest BCUT2D eigenvalue weighted by Gasteiger charge is 2.22. The average Bonchev–Trinajstić information content (AvgIpc) is 2.78. The van der Waals surface area contributed by atoms with Crippen LogP contribution >= 0.6 is 0 Å². The third-order valence-corrected chi connectivity index (χ3v) is 2.92. The molecule has 1 aromatic heterocycles. The number of carbonyl (C=O) groups is 1. The summed E-state index contributed by atoms with van der Waals surface area (Å²) in [6.07, 6.45) is 4.15. The molecule has 1 unspecified atom stereocenters. The quantitative estimate of drug-likeness (QED) is 0.826. The van der Waals surface area contributed by atoms with Crippen molar-refractivity contribution in [1.29, 1.82) is 0 Å². The van der Waals surface area contributed by atoms with E-state index in [2.05, 4.69) is 0 Å². The van der Waals surface area contributed by atoms with Crippen LogP contribution in [0.1, 0.15) is 25.8 Å². The normalized spacial score (nSPS) is 14.5. The molecule has 0 aliphatic carbocycles. The van der Waals surface area contributed by atoms with Crippen LogP contribution < -0.4 is 5.73 Å². The molecule has 1 aromatic rings. The summed E-state index contributed by atoms with van der Waals surface area (Å²) in [6.45, 7) is 4.57. The predicted molar refractivity (Wildman–Crippen MR) is 62.6 cm³/mol. The Morgan fingerprint density at radius 1 is 1.62 bits per heavy atom. The van der Waals surface area contributed by atoms with Gasteiger partial charge in [-0.3, -0.25) is 4.79 Å². The van der Waals surface area contributed by atoms with Crippen LogP contribution in [0.3, 0.4) is 0 Å². The number of furan rings is 1. The summed E-state index contributed by atoms with van der Waals surface area (Å²) in [5, 5.41) is 0. The minimum Gasteiger partial charge on any atom is -0.472 e. The Kier molecular flexibility index (Phi) is 4.55. The SMILES string of the molecule is CCC(C)[C@H](N)C(=O)N(C)Cc1ccoc1. The van der Waals surface area contributed by atoms with Gasteiger partial charge in [0.05, 0.1) is 18.6 Å². The van der Waals surface area contributed by atoms with E-state index in [1.165, 1.54) is 0 Å².